The smallest absolute Gasteiger partial charge is 0.0387 e. The maximum Gasteiger partial charge on any atom is 0.0387 e. The number of aromatic nitrogens is 1. The third-order valence-electron chi connectivity index (χ3n) is 3.48. The Bertz CT molecular complexity index is 335. The van der Waals surface area contributed by atoms with Gasteiger partial charge in [-0.2, -0.15) is 13.5 Å². The normalized spacial score (nSPS) is 21.4. The van der Waals surface area contributed by atoms with Gasteiger partial charge in [0.15, 0.2) is 0 Å². The van der Waals surface area contributed by atoms with Gasteiger partial charge in [-0.1, -0.05) is 20.8 Å². The second kappa shape index (κ2) is 4.46. The van der Waals surface area contributed by atoms with E-state index >= 15 is 0 Å². The van der Waals surface area contributed by atoms with Gasteiger partial charge in [-0.05, 0) is 31.0 Å². The summed E-state index contributed by atoms with van der Waals surface area (Å²) >= 11 is 0. The molecule has 16 heavy (non-hydrogen) atoms. The van der Waals surface area contributed by atoms with Crippen molar-refractivity contribution >= 4 is 13.5 Å². The molecule has 1 aromatic heterocycles. The highest BCUT2D eigenvalue weighted by Crippen LogP contribution is 2.27. The summed E-state index contributed by atoms with van der Waals surface area (Å²) in [5.41, 5.74) is 3.19. The average Bonchev–Trinajstić information content (AvgIpc) is 2.47. The molecule has 1 aliphatic rings. The van der Waals surface area contributed by atoms with Crippen LogP contribution in [0.25, 0.3) is 0 Å². The van der Waals surface area contributed by atoms with E-state index in [-0.39, 0.29) is 18.9 Å². The number of rotatable bonds is 0. The van der Waals surface area contributed by atoms with Crippen LogP contribution in [0, 0.1) is 0 Å². The van der Waals surface area contributed by atoms with Crippen molar-refractivity contribution in [2.24, 2.45) is 0 Å². The van der Waals surface area contributed by atoms with Crippen LogP contribution in [0.1, 0.15) is 39.0 Å². The Balaban J connectivity index is 0.00000128. The largest absolute Gasteiger partial charge is 0.348 e. The first-order chi connectivity index (χ1) is 6.88. The lowest BCUT2D eigenvalue weighted by Gasteiger charge is -2.31. The van der Waals surface area contributed by atoms with E-state index in [9.17, 15) is 0 Å². The van der Waals surface area contributed by atoms with Gasteiger partial charge in [0.1, 0.15) is 0 Å². The maximum atomic E-state index is 2.42. The molecular weight excluding hydrogens is 216 g/mol. The van der Waals surface area contributed by atoms with Crippen molar-refractivity contribution in [3.63, 3.8) is 0 Å². The van der Waals surface area contributed by atoms with Gasteiger partial charge >= 0.3 is 0 Å². The van der Waals surface area contributed by atoms with Crippen LogP contribution < -0.4 is 0 Å². The monoisotopic (exact) mass is 240 g/mol. The molecule has 0 bridgehead atoms. The zero-order valence-corrected chi connectivity index (χ0v) is 12.0. The maximum absolute atomic E-state index is 2.42. The highest BCUT2D eigenvalue weighted by atomic mass is 32.1. The molecule has 0 unspecified atom stereocenters. The molecule has 0 fully saturated rings. The molecule has 92 valence electrons. The van der Waals surface area contributed by atoms with E-state index in [1.165, 1.54) is 11.3 Å². The molecule has 0 amide bonds. The Morgan fingerprint density at radius 3 is 2.50 bits per heavy atom. The van der Waals surface area contributed by atoms with Crippen molar-refractivity contribution in [2.75, 3.05) is 7.05 Å². The molecule has 2 rings (SSSR count). The third kappa shape index (κ3) is 2.46. The Morgan fingerprint density at radius 2 is 1.94 bits per heavy atom. The number of fused-ring (bicyclic) bond motifs is 1. The molecule has 1 aliphatic heterocycles. The SMILES string of the molecule is C[C@H]1Cn2cc(C(C)(C)C)cc2CN1C.S. The average molecular weight is 240 g/mol. The minimum atomic E-state index is 0. The van der Waals surface area contributed by atoms with Crippen LogP contribution in [0.4, 0.5) is 0 Å². The summed E-state index contributed by atoms with van der Waals surface area (Å²) in [5, 5.41) is 0. The van der Waals surface area contributed by atoms with E-state index < -0.39 is 0 Å². The van der Waals surface area contributed by atoms with Crippen LogP contribution in [-0.2, 0) is 18.5 Å². The van der Waals surface area contributed by atoms with Crippen molar-refractivity contribution in [1.82, 2.24) is 9.47 Å². The molecular formula is C13H24N2S. The van der Waals surface area contributed by atoms with Crippen LogP contribution in [-0.4, -0.2) is 22.6 Å². The molecule has 0 spiro atoms. The molecule has 3 heteroatoms. The zero-order chi connectivity index (χ0) is 11.2. The van der Waals surface area contributed by atoms with E-state index in [1.54, 1.807) is 0 Å². The van der Waals surface area contributed by atoms with Gasteiger partial charge in [0.05, 0.1) is 0 Å². The first-order valence-corrected chi connectivity index (χ1v) is 5.77. The summed E-state index contributed by atoms with van der Waals surface area (Å²) in [4.78, 5) is 2.42. The van der Waals surface area contributed by atoms with Gasteiger partial charge in [-0.3, -0.25) is 4.90 Å². The van der Waals surface area contributed by atoms with Gasteiger partial charge in [0, 0.05) is 31.0 Å². The number of hydrogen-bond acceptors (Lipinski definition) is 1. The van der Waals surface area contributed by atoms with Crippen LogP contribution >= 0.6 is 13.5 Å². The Hall–Kier alpha value is -0.410. The Kier molecular flexibility index (Phi) is 3.80. The molecule has 0 aliphatic carbocycles. The molecule has 1 aromatic rings. The van der Waals surface area contributed by atoms with E-state index in [0.717, 1.165) is 13.1 Å². The Morgan fingerprint density at radius 1 is 1.31 bits per heavy atom. The molecule has 0 saturated heterocycles. The minimum absolute atomic E-state index is 0. The summed E-state index contributed by atoms with van der Waals surface area (Å²) in [7, 11) is 2.21. The second-order valence-corrected chi connectivity index (χ2v) is 5.89. The lowest BCUT2D eigenvalue weighted by atomic mass is 9.89. The predicted molar refractivity (Wildman–Crippen MR) is 74.4 cm³/mol. The molecule has 1 atom stereocenters. The number of nitrogens with zero attached hydrogens (tertiary/aromatic N) is 2. The van der Waals surface area contributed by atoms with Gasteiger partial charge < -0.3 is 4.57 Å². The standard InChI is InChI=1S/C13H22N2.H2S/c1-10-7-15-8-11(13(2,3)4)6-12(15)9-14(10)5;/h6,8,10H,7,9H2,1-5H3;1H2/t10-;/m0./s1. The summed E-state index contributed by atoms with van der Waals surface area (Å²) < 4.78 is 2.42. The van der Waals surface area contributed by atoms with Gasteiger partial charge in [0.25, 0.3) is 0 Å². The lowest BCUT2D eigenvalue weighted by molar-refractivity contribution is 0.192. The van der Waals surface area contributed by atoms with E-state index in [0.29, 0.717) is 6.04 Å². The predicted octanol–water partition coefficient (Wildman–Crippen LogP) is 2.73. The quantitative estimate of drug-likeness (QED) is 0.677. The minimum Gasteiger partial charge on any atom is -0.348 e. The van der Waals surface area contributed by atoms with Crippen molar-refractivity contribution in [3.05, 3.63) is 23.5 Å². The van der Waals surface area contributed by atoms with E-state index in [4.69, 9.17) is 0 Å². The number of likely N-dealkylation sites (N-methyl/N-ethyl adjacent to an activating group) is 1. The second-order valence-electron chi connectivity index (χ2n) is 5.89. The molecule has 0 N–H and O–H groups in total. The molecule has 2 heterocycles. The first kappa shape index (κ1) is 13.7. The van der Waals surface area contributed by atoms with Crippen LogP contribution in [0.2, 0.25) is 0 Å². The summed E-state index contributed by atoms with van der Waals surface area (Å²) in [6.45, 7) is 11.3. The topological polar surface area (TPSA) is 8.17 Å². The highest BCUT2D eigenvalue weighted by molar-refractivity contribution is 7.59. The van der Waals surface area contributed by atoms with Crippen LogP contribution in [0.15, 0.2) is 12.3 Å². The van der Waals surface area contributed by atoms with Crippen LogP contribution in [0.5, 0.6) is 0 Å². The van der Waals surface area contributed by atoms with Crippen LogP contribution in [0.3, 0.4) is 0 Å². The van der Waals surface area contributed by atoms with Crippen molar-refractivity contribution in [2.45, 2.75) is 52.2 Å². The lowest BCUT2D eigenvalue weighted by Crippen LogP contribution is -2.37. The van der Waals surface area contributed by atoms with E-state index in [1.807, 2.05) is 0 Å². The van der Waals surface area contributed by atoms with Gasteiger partial charge in [-0.15, -0.1) is 0 Å². The first-order valence-electron chi connectivity index (χ1n) is 5.77. The molecule has 0 saturated carbocycles. The highest BCUT2D eigenvalue weighted by Gasteiger charge is 2.23. The van der Waals surface area contributed by atoms with E-state index in [2.05, 4.69) is 56.5 Å². The third-order valence-corrected chi connectivity index (χ3v) is 3.48. The zero-order valence-electron chi connectivity index (χ0n) is 11.0. The summed E-state index contributed by atoms with van der Waals surface area (Å²) in [6.07, 6.45) is 2.33. The summed E-state index contributed by atoms with van der Waals surface area (Å²) in [6, 6.07) is 3.01. The van der Waals surface area contributed by atoms with Crippen molar-refractivity contribution < 1.29 is 0 Å². The fourth-order valence-electron chi connectivity index (χ4n) is 2.10. The fraction of sp³-hybridized carbons (Fsp3) is 0.692. The Labute approximate surface area is 106 Å². The van der Waals surface area contributed by atoms with Gasteiger partial charge in [-0.25, -0.2) is 0 Å². The van der Waals surface area contributed by atoms with Gasteiger partial charge in [0.2, 0.25) is 0 Å². The molecule has 0 radical (unpaired) electrons. The number of hydrogen-bond donors (Lipinski definition) is 0. The van der Waals surface area contributed by atoms with Crippen molar-refractivity contribution in [3.8, 4) is 0 Å². The van der Waals surface area contributed by atoms with Crippen molar-refractivity contribution in [1.29, 1.82) is 0 Å². The molecule has 2 nitrogen and oxygen atoms in total. The fourth-order valence-corrected chi connectivity index (χ4v) is 2.10. The molecule has 0 aromatic carbocycles. The summed E-state index contributed by atoms with van der Waals surface area (Å²) in [5.74, 6) is 0.